The number of aromatic nitrogens is 2. The summed E-state index contributed by atoms with van der Waals surface area (Å²) in [6.07, 6.45) is 1.09. The molecular weight excluding hydrogens is 210 g/mol. The molecule has 0 unspecified atom stereocenters. The zero-order valence-electron chi connectivity index (χ0n) is 9.41. The molecule has 1 aromatic rings. The van der Waals surface area contributed by atoms with Gasteiger partial charge in [-0.3, -0.25) is 4.79 Å². The molecule has 15 heavy (non-hydrogen) atoms. The van der Waals surface area contributed by atoms with Crippen LogP contribution in [0.1, 0.15) is 12.1 Å². The molecule has 0 fully saturated rings. The molecule has 0 saturated heterocycles. The highest BCUT2D eigenvalue weighted by atomic mass is 32.2. The van der Waals surface area contributed by atoms with Crippen LogP contribution in [0.3, 0.4) is 0 Å². The summed E-state index contributed by atoms with van der Waals surface area (Å²) in [6.45, 7) is 2.89. The van der Waals surface area contributed by atoms with E-state index in [1.165, 1.54) is 6.07 Å². The minimum atomic E-state index is -0.0717. The summed E-state index contributed by atoms with van der Waals surface area (Å²) in [5.74, 6) is 0.977. The smallest absolute Gasteiger partial charge is 0.251 e. The molecule has 1 N–H and O–H groups in total. The molecule has 0 aromatic carbocycles. The number of thioether (sulfide) groups is 1. The summed E-state index contributed by atoms with van der Waals surface area (Å²) in [5, 5.41) is 0.721. The van der Waals surface area contributed by atoms with E-state index in [4.69, 9.17) is 0 Å². The van der Waals surface area contributed by atoms with Crippen LogP contribution in [0.2, 0.25) is 0 Å². The van der Waals surface area contributed by atoms with E-state index >= 15 is 0 Å². The summed E-state index contributed by atoms with van der Waals surface area (Å²) >= 11 is 1.60. The van der Waals surface area contributed by atoms with Crippen LogP contribution in [0.4, 0.5) is 0 Å². The van der Waals surface area contributed by atoms with Crippen molar-refractivity contribution >= 4 is 11.8 Å². The number of rotatable bonds is 5. The van der Waals surface area contributed by atoms with Gasteiger partial charge in [-0.25, -0.2) is 4.98 Å². The molecular formula is C10H17N3OS. The second-order valence-electron chi connectivity index (χ2n) is 3.70. The molecule has 0 amide bonds. The topological polar surface area (TPSA) is 49.0 Å². The van der Waals surface area contributed by atoms with Gasteiger partial charge in [0.2, 0.25) is 0 Å². The van der Waals surface area contributed by atoms with E-state index < -0.39 is 0 Å². The first kappa shape index (κ1) is 12.3. The number of H-pyrrole nitrogens is 1. The van der Waals surface area contributed by atoms with Crippen LogP contribution in [0.15, 0.2) is 16.0 Å². The van der Waals surface area contributed by atoms with E-state index in [0.29, 0.717) is 0 Å². The van der Waals surface area contributed by atoms with E-state index in [-0.39, 0.29) is 5.56 Å². The first-order valence-corrected chi connectivity index (χ1v) is 5.92. The Labute approximate surface area is 94.1 Å². The highest BCUT2D eigenvalue weighted by Crippen LogP contribution is 2.12. The molecule has 84 valence electrons. The minimum absolute atomic E-state index is 0.0717. The molecule has 1 rings (SSSR count). The standard InChI is InChI=1S/C10H17N3OS/c1-8-7-9(14)12-10(11-8)15-6-4-5-13(2)3/h7H,4-6H2,1-3H3,(H,11,12,14). The summed E-state index contributed by atoms with van der Waals surface area (Å²) in [4.78, 5) is 20.2. The predicted octanol–water partition coefficient (Wildman–Crippen LogP) is 1.12. The van der Waals surface area contributed by atoms with Gasteiger partial charge >= 0.3 is 0 Å². The molecule has 1 heterocycles. The first-order valence-electron chi connectivity index (χ1n) is 4.93. The number of nitrogens with zero attached hydrogens (tertiary/aromatic N) is 2. The highest BCUT2D eigenvalue weighted by molar-refractivity contribution is 7.99. The molecule has 1 aromatic heterocycles. The molecule has 0 aliphatic carbocycles. The Morgan fingerprint density at radius 1 is 1.53 bits per heavy atom. The lowest BCUT2D eigenvalue weighted by Crippen LogP contribution is -2.13. The third-order valence-electron chi connectivity index (χ3n) is 1.84. The van der Waals surface area contributed by atoms with Crippen molar-refractivity contribution in [2.75, 3.05) is 26.4 Å². The van der Waals surface area contributed by atoms with Gasteiger partial charge < -0.3 is 9.88 Å². The lowest BCUT2D eigenvalue weighted by molar-refractivity contribution is 0.410. The Bertz CT molecular complexity index is 362. The third kappa shape index (κ3) is 4.99. The van der Waals surface area contributed by atoms with Crippen molar-refractivity contribution in [2.45, 2.75) is 18.5 Å². The van der Waals surface area contributed by atoms with Crippen molar-refractivity contribution in [3.05, 3.63) is 22.1 Å². The molecule has 0 aliphatic rings. The first-order chi connectivity index (χ1) is 7.08. The second kappa shape index (κ2) is 5.92. The van der Waals surface area contributed by atoms with Gasteiger partial charge in [0.05, 0.1) is 0 Å². The SMILES string of the molecule is Cc1cc(=O)[nH]c(SCCCN(C)C)n1. The maximum Gasteiger partial charge on any atom is 0.251 e. The maximum atomic E-state index is 11.1. The Morgan fingerprint density at radius 2 is 2.27 bits per heavy atom. The van der Waals surface area contributed by atoms with Crippen LogP contribution in [-0.4, -0.2) is 41.3 Å². The zero-order valence-corrected chi connectivity index (χ0v) is 10.2. The molecule has 0 radical (unpaired) electrons. The molecule has 5 heteroatoms. The van der Waals surface area contributed by atoms with Crippen molar-refractivity contribution in [3.63, 3.8) is 0 Å². The Morgan fingerprint density at radius 3 is 2.87 bits per heavy atom. The minimum Gasteiger partial charge on any atom is -0.309 e. The van der Waals surface area contributed by atoms with Crippen molar-refractivity contribution in [2.24, 2.45) is 0 Å². The lowest BCUT2D eigenvalue weighted by atomic mass is 10.5. The number of aryl methyl sites for hydroxylation is 1. The van der Waals surface area contributed by atoms with E-state index in [2.05, 4.69) is 29.0 Å². The fraction of sp³-hybridized carbons (Fsp3) is 0.600. The second-order valence-corrected chi connectivity index (χ2v) is 4.78. The Hall–Kier alpha value is -0.810. The van der Waals surface area contributed by atoms with Crippen LogP contribution in [-0.2, 0) is 0 Å². The quantitative estimate of drug-likeness (QED) is 0.465. The summed E-state index contributed by atoms with van der Waals surface area (Å²) in [5.41, 5.74) is 0.700. The average Bonchev–Trinajstić information content (AvgIpc) is 2.10. The number of hydrogen-bond acceptors (Lipinski definition) is 4. The van der Waals surface area contributed by atoms with Gasteiger partial charge in [-0.05, 0) is 34.0 Å². The van der Waals surface area contributed by atoms with E-state index in [0.717, 1.165) is 29.6 Å². The molecule has 0 aliphatic heterocycles. The van der Waals surface area contributed by atoms with Crippen molar-refractivity contribution in [3.8, 4) is 0 Å². The molecule has 0 spiro atoms. The van der Waals surface area contributed by atoms with Crippen LogP contribution in [0.25, 0.3) is 0 Å². The highest BCUT2D eigenvalue weighted by Gasteiger charge is 1.99. The van der Waals surface area contributed by atoms with Gasteiger partial charge in [0.15, 0.2) is 5.16 Å². The Kier molecular flexibility index (Phi) is 4.84. The van der Waals surface area contributed by atoms with Gasteiger partial charge in [0, 0.05) is 17.5 Å². The van der Waals surface area contributed by atoms with Crippen molar-refractivity contribution in [1.29, 1.82) is 0 Å². The zero-order chi connectivity index (χ0) is 11.3. The van der Waals surface area contributed by atoms with Gasteiger partial charge in [-0.1, -0.05) is 11.8 Å². The largest absolute Gasteiger partial charge is 0.309 e. The van der Waals surface area contributed by atoms with E-state index in [1.54, 1.807) is 11.8 Å². The van der Waals surface area contributed by atoms with Crippen LogP contribution < -0.4 is 5.56 Å². The van der Waals surface area contributed by atoms with E-state index in [9.17, 15) is 4.79 Å². The number of hydrogen-bond donors (Lipinski definition) is 1. The number of aromatic amines is 1. The van der Waals surface area contributed by atoms with Gasteiger partial charge in [-0.2, -0.15) is 0 Å². The average molecular weight is 227 g/mol. The monoisotopic (exact) mass is 227 g/mol. The Balaban J connectivity index is 2.40. The van der Waals surface area contributed by atoms with Crippen molar-refractivity contribution < 1.29 is 0 Å². The van der Waals surface area contributed by atoms with Gasteiger partial charge in [0.1, 0.15) is 0 Å². The normalized spacial score (nSPS) is 10.9. The predicted molar refractivity (Wildman–Crippen MR) is 63.5 cm³/mol. The summed E-state index contributed by atoms with van der Waals surface area (Å²) in [6, 6.07) is 1.50. The van der Waals surface area contributed by atoms with E-state index in [1.807, 2.05) is 6.92 Å². The van der Waals surface area contributed by atoms with Crippen LogP contribution >= 0.6 is 11.8 Å². The maximum absolute atomic E-state index is 11.1. The fourth-order valence-electron chi connectivity index (χ4n) is 1.17. The summed E-state index contributed by atoms with van der Waals surface area (Å²) in [7, 11) is 4.11. The van der Waals surface area contributed by atoms with Crippen LogP contribution in [0.5, 0.6) is 0 Å². The van der Waals surface area contributed by atoms with Crippen LogP contribution in [0, 0.1) is 6.92 Å². The third-order valence-corrected chi connectivity index (χ3v) is 2.80. The van der Waals surface area contributed by atoms with Gasteiger partial charge in [0.25, 0.3) is 5.56 Å². The molecule has 0 atom stereocenters. The molecule has 0 saturated carbocycles. The summed E-state index contributed by atoms with van der Waals surface area (Å²) < 4.78 is 0. The fourth-order valence-corrected chi connectivity index (χ4v) is 2.02. The molecule has 4 nitrogen and oxygen atoms in total. The number of nitrogens with one attached hydrogen (secondary N) is 1. The lowest BCUT2D eigenvalue weighted by Gasteiger charge is -2.08. The van der Waals surface area contributed by atoms with Gasteiger partial charge in [-0.15, -0.1) is 0 Å². The van der Waals surface area contributed by atoms with Crippen molar-refractivity contribution in [1.82, 2.24) is 14.9 Å². The molecule has 0 bridgehead atoms.